The molecule has 7 aromatic carbocycles. The molecule has 0 atom stereocenters. The van der Waals surface area contributed by atoms with Crippen LogP contribution >= 0.6 is 0 Å². The van der Waals surface area contributed by atoms with Gasteiger partial charge in [0.25, 0.3) is 5.56 Å². The second kappa shape index (κ2) is 10.5. The number of para-hydroxylation sites is 2. The predicted molar refractivity (Wildman–Crippen MR) is 192 cm³/mol. The van der Waals surface area contributed by atoms with Crippen molar-refractivity contribution in [3.8, 4) is 33.6 Å². The molecule has 9 aromatic rings. The Labute approximate surface area is 265 Å². The molecule has 0 N–H and O–H groups in total. The maximum Gasteiger partial charge on any atom is 0.263 e. The zero-order valence-corrected chi connectivity index (χ0v) is 25.0. The zero-order chi connectivity index (χ0) is 30.6. The summed E-state index contributed by atoms with van der Waals surface area (Å²) in [6, 6.07) is 58.8. The van der Waals surface area contributed by atoms with Gasteiger partial charge in [0.2, 0.25) is 0 Å². The Hall–Kier alpha value is -6.19. The van der Waals surface area contributed by atoms with Gasteiger partial charge in [0.05, 0.1) is 22.2 Å². The van der Waals surface area contributed by atoms with Crippen LogP contribution in [0.5, 0.6) is 0 Å². The molecule has 0 aliphatic rings. The number of hydrogen-bond donors (Lipinski definition) is 0. The lowest BCUT2D eigenvalue weighted by atomic mass is 9.97. The van der Waals surface area contributed by atoms with Gasteiger partial charge in [-0.05, 0) is 82.2 Å². The van der Waals surface area contributed by atoms with Crippen molar-refractivity contribution < 1.29 is 0 Å². The number of fused-ring (bicyclic) bond motifs is 6. The van der Waals surface area contributed by atoms with Crippen LogP contribution in [0.3, 0.4) is 0 Å². The molecular weight excluding hydrogens is 560 g/mol. The van der Waals surface area contributed by atoms with E-state index in [4.69, 9.17) is 0 Å². The molecule has 0 aliphatic heterocycles. The summed E-state index contributed by atoms with van der Waals surface area (Å²) in [5.41, 5.74) is 9.38. The van der Waals surface area contributed by atoms with Gasteiger partial charge < -0.3 is 4.57 Å². The Kier molecular flexibility index (Phi) is 5.97. The van der Waals surface area contributed by atoms with Gasteiger partial charge in [0.15, 0.2) is 0 Å². The molecule has 9 rings (SSSR count). The van der Waals surface area contributed by atoms with Crippen LogP contribution in [0.4, 0.5) is 0 Å². The third-order valence-corrected chi connectivity index (χ3v) is 9.09. The second-order valence-electron chi connectivity index (χ2n) is 11.8. The molecule has 0 aliphatic carbocycles. The fraction of sp³-hybridized carbons (Fsp3) is 0. The number of benzene rings is 7. The first-order chi connectivity index (χ1) is 22.7. The average molecular weight is 589 g/mol. The smallest absolute Gasteiger partial charge is 0.263 e. The lowest BCUT2D eigenvalue weighted by molar-refractivity contribution is 1.06. The van der Waals surface area contributed by atoms with E-state index in [1.165, 1.54) is 0 Å². The maximum atomic E-state index is 14.6. The topological polar surface area (TPSA) is 26.9 Å². The van der Waals surface area contributed by atoms with E-state index in [0.29, 0.717) is 5.39 Å². The normalized spacial score (nSPS) is 11.6. The molecule has 0 saturated carbocycles. The summed E-state index contributed by atoms with van der Waals surface area (Å²) in [4.78, 5) is 14.6. The monoisotopic (exact) mass is 588 g/mol. The molecule has 0 spiro atoms. The first kappa shape index (κ1) is 26.2. The first-order valence-electron chi connectivity index (χ1n) is 15.6. The van der Waals surface area contributed by atoms with Crippen LogP contribution in [0.1, 0.15) is 0 Å². The largest absolute Gasteiger partial charge is 0.309 e. The van der Waals surface area contributed by atoms with Crippen LogP contribution in [0.25, 0.3) is 77.1 Å². The summed E-state index contributed by atoms with van der Waals surface area (Å²) in [5, 5.41) is 4.95. The van der Waals surface area contributed by atoms with Crippen LogP contribution in [-0.4, -0.2) is 9.13 Å². The summed E-state index contributed by atoms with van der Waals surface area (Å²) in [6.07, 6.45) is 0. The lowest BCUT2D eigenvalue weighted by Crippen LogP contribution is -2.19. The summed E-state index contributed by atoms with van der Waals surface area (Å²) >= 11 is 0. The number of rotatable bonds is 4. The fourth-order valence-corrected chi connectivity index (χ4v) is 6.99. The first-order valence-corrected chi connectivity index (χ1v) is 15.6. The molecule has 0 saturated heterocycles. The molecule has 3 heteroatoms. The van der Waals surface area contributed by atoms with Crippen LogP contribution < -0.4 is 5.56 Å². The third-order valence-electron chi connectivity index (χ3n) is 9.09. The quantitative estimate of drug-likeness (QED) is 0.188. The number of aromatic nitrogens is 2. The highest BCUT2D eigenvalue weighted by molar-refractivity contribution is 6.17. The van der Waals surface area contributed by atoms with E-state index in [0.717, 1.165) is 71.7 Å². The van der Waals surface area contributed by atoms with Gasteiger partial charge in [-0.3, -0.25) is 9.36 Å². The fourth-order valence-electron chi connectivity index (χ4n) is 6.99. The number of hydrogen-bond acceptors (Lipinski definition) is 1. The molecular formula is C43H28N2O. The average Bonchev–Trinajstić information content (AvgIpc) is 3.45. The van der Waals surface area contributed by atoms with Crippen molar-refractivity contribution in [2.75, 3.05) is 0 Å². The SMILES string of the molecule is O=c1c2ccccc2c2cc3c(cc2n1-c1cc(-c2ccccc2)cc(-c2ccccc2)c1)c1ccccc1n3-c1ccccc1. The lowest BCUT2D eigenvalue weighted by Gasteiger charge is -2.17. The summed E-state index contributed by atoms with van der Waals surface area (Å²) in [7, 11) is 0. The Morgan fingerprint density at radius 1 is 0.304 bits per heavy atom. The van der Waals surface area contributed by atoms with Crippen molar-refractivity contribution in [3.63, 3.8) is 0 Å². The van der Waals surface area contributed by atoms with E-state index in [1.807, 2.05) is 41.0 Å². The minimum absolute atomic E-state index is 0.0292. The zero-order valence-electron chi connectivity index (χ0n) is 25.0. The molecule has 0 bridgehead atoms. The van der Waals surface area contributed by atoms with Gasteiger partial charge >= 0.3 is 0 Å². The van der Waals surface area contributed by atoms with Crippen LogP contribution in [0, 0.1) is 0 Å². The second-order valence-corrected chi connectivity index (χ2v) is 11.8. The maximum absolute atomic E-state index is 14.6. The Morgan fingerprint density at radius 2 is 0.783 bits per heavy atom. The van der Waals surface area contributed by atoms with Gasteiger partial charge in [-0.1, -0.05) is 115 Å². The van der Waals surface area contributed by atoms with Crippen LogP contribution in [0.15, 0.2) is 175 Å². The highest BCUT2D eigenvalue weighted by Crippen LogP contribution is 2.38. The molecule has 3 nitrogen and oxygen atoms in total. The third kappa shape index (κ3) is 4.10. The van der Waals surface area contributed by atoms with E-state index in [1.54, 1.807) is 0 Å². The molecule has 46 heavy (non-hydrogen) atoms. The highest BCUT2D eigenvalue weighted by Gasteiger charge is 2.19. The van der Waals surface area contributed by atoms with E-state index < -0.39 is 0 Å². The number of pyridine rings is 1. The van der Waals surface area contributed by atoms with Gasteiger partial charge in [-0.15, -0.1) is 0 Å². The highest BCUT2D eigenvalue weighted by atomic mass is 16.1. The molecule has 0 radical (unpaired) electrons. The molecule has 0 unspecified atom stereocenters. The molecule has 2 heterocycles. The molecule has 2 aromatic heterocycles. The summed E-state index contributed by atoms with van der Waals surface area (Å²) in [5.74, 6) is 0. The standard InChI is InChI=1S/C43H28N2O/c46-43-37-22-11-10-20-35(37)38-27-41-39(36-21-12-13-23-40(36)44(41)33-18-8-3-9-19-33)28-42(38)45(43)34-25-31(29-14-4-1-5-15-29)24-32(26-34)30-16-6-2-7-17-30/h1-28H. The van der Waals surface area contributed by atoms with Gasteiger partial charge in [0.1, 0.15) is 0 Å². The van der Waals surface area contributed by atoms with Crippen LogP contribution in [-0.2, 0) is 0 Å². The van der Waals surface area contributed by atoms with Crippen molar-refractivity contribution in [3.05, 3.63) is 180 Å². The van der Waals surface area contributed by atoms with Gasteiger partial charge in [-0.25, -0.2) is 0 Å². The van der Waals surface area contributed by atoms with Crippen molar-refractivity contribution in [2.45, 2.75) is 0 Å². The van der Waals surface area contributed by atoms with Crippen molar-refractivity contribution >= 4 is 43.5 Å². The number of nitrogens with zero attached hydrogens (tertiary/aromatic N) is 2. The summed E-state index contributed by atoms with van der Waals surface area (Å²) in [6.45, 7) is 0. The van der Waals surface area contributed by atoms with Gasteiger partial charge in [-0.2, -0.15) is 0 Å². The molecule has 0 amide bonds. The predicted octanol–water partition coefficient (Wildman–Crippen LogP) is 10.6. The Bertz CT molecular complexity index is 2580. The molecule has 216 valence electrons. The summed E-state index contributed by atoms with van der Waals surface area (Å²) < 4.78 is 4.25. The van der Waals surface area contributed by atoms with Crippen molar-refractivity contribution in [1.82, 2.24) is 9.13 Å². The molecule has 0 fully saturated rings. The van der Waals surface area contributed by atoms with E-state index in [2.05, 4.69) is 138 Å². The van der Waals surface area contributed by atoms with Crippen LogP contribution in [0.2, 0.25) is 0 Å². The Morgan fingerprint density at radius 3 is 1.41 bits per heavy atom. The van der Waals surface area contributed by atoms with E-state index in [9.17, 15) is 4.79 Å². The minimum Gasteiger partial charge on any atom is -0.309 e. The Balaban J connectivity index is 1.44. The van der Waals surface area contributed by atoms with E-state index >= 15 is 0 Å². The van der Waals surface area contributed by atoms with Crippen molar-refractivity contribution in [1.29, 1.82) is 0 Å². The minimum atomic E-state index is -0.0292. The van der Waals surface area contributed by atoms with Gasteiger partial charge in [0, 0.05) is 27.2 Å². The van der Waals surface area contributed by atoms with E-state index in [-0.39, 0.29) is 5.56 Å². The van der Waals surface area contributed by atoms with Crippen molar-refractivity contribution in [2.24, 2.45) is 0 Å².